The van der Waals surface area contributed by atoms with Crippen molar-refractivity contribution in [1.82, 2.24) is 9.55 Å². The number of benzene rings is 3. The average Bonchev–Trinajstić information content (AvgIpc) is 3.19. The largest absolute Gasteiger partial charge is 0.384 e. The van der Waals surface area contributed by atoms with E-state index in [2.05, 4.69) is 69.3 Å². The molecule has 0 aliphatic rings. The topological polar surface area (TPSA) is 38.0 Å². The van der Waals surface area contributed by atoms with Gasteiger partial charge in [-0.15, -0.1) is 0 Å². The maximum atomic E-state index is 10.6. The Labute approximate surface area is 195 Å². The van der Waals surface area contributed by atoms with Crippen molar-refractivity contribution in [3.63, 3.8) is 0 Å². The number of aliphatic hydroxyl groups is 1. The lowest BCUT2D eigenvalue weighted by molar-refractivity contribution is 0.0743. The molecule has 1 heterocycles. The first-order valence-electron chi connectivity index (χ1n) is 10.8. The quantitative estimate of drug-likeness (QED) is 0.356. The van der Waals surface area contributed by atoms with E-state index in [1.807, 2.05) is 35.0 Å². The van der Waals surface area contributed by atoms with Crippen LogP contribution in [0.4, 0.5) is 0 Å². The lowest BCUT2D eigenvalue weighted by Crippen LogP contribution is -2.15. The molecule has 0 unspecified atom stereocenters. The summed E-state index contributed by atoms with van der Waals surface area (Å²) < 4.78 is 1.99. The van der Waals surface area contributed by atoms with Gasteiger partial charge in [-0.3, -0.25) is 4.57 Å². The third-order valence-electron chi connectivity index (χ3n) is 5.68. The third-order valence-corrected chi connectivity index (χ3v) is 6.01. The molecule has 4 rings (SSSR count). The minimum Gasteiger partial charge on any atom is -0.384 e. The van der Waals surface area contributed by atoms with Crippen LogP contribution in [0.2, 0.25) is 5.02 Å². The van der Waals surface area contributed by atoms with E-state index < -0.39 is 5.60 Å². The van der Waals surface area contributed by atoms with Crippen molar-refractivity contribution >= 4 is 11.6 Å². The number of hydrogen-bond acceptors (Lipinski definition) is 2. The zero-order chi connectivity index (χ0) is 23.1. The number of aromatic nitrogens is 2. The third kappa shape index (κ3) is 4.50. The Hall–Kier alpha value is -2.88. The molecule has 0 saturated carbocycles. The van der Waals surface area contributed by atoms with Crippen LogP contribution >= 0.6 is 11.6 Å². The Morgan fingerprint density at radius 2 is 1.34 bits per heavy atom. The molecular weight excluding hydrogens is 416 g/mol. The van der Waals surface area contributed by atoms with Gasteiger partial charge in [0.2, 0.25) is 0 Å². The summed E-state index contributed by atoms with van der Waals surface area (Å²) in [6, 6.07) is 24.8. The molecule has 3 nitrogen and oxygen atoms in total. The predicted octanol–water partition coefficient (Wildman–Crippen LogP) is 7.38. The monoisotopic (exact) mass is 444 g/mol. The highest BCUT2D eigenvalue weighted by molar-refractivity contribution is 6.33. The van der Waals surface area contributed by atoms with Gasteiger partial charge in [0.25, 0.3) is 0 Å². The molecule has 0 aliphatic carbocycles. The summed E-state index contributed by atoms with van der Waals surface area (Å²) in [7, 11) is 0. The fourth-order valence-electron chi connectivity index (χ4n) is 3.68. The summed E-state index contributed by atoms with van der Waals surface area (Å²) >= 11 is 6.48. The molecule has 0 fully saturated rings. The minimum absolute atomic E-state index is 0.136. The molecule has 4 aromatic rings. The van der Waals surface area contributed by atoms with Gasteiger partial charge in [0.05, 0.1) is 10.7 Å². The number of nitrogens with zero attached hydrogens (tertiary/aromatic N) is 2. The van der Waals surface area contributed by atoms with Crippen LogP contribution in [0.25, 0.3) is 28.2 Å². The van der Waals surface area contributed by atoms with Crippen molar-refractivity contribution in [1.29, 1.82) is 0 Å². The first-order valence-corrected chi connectivity index (χ1v) is 11.2. The van der Waals surface area contributed by atoms with Crippen molar-refractivity contribution in [2.24, 2.45) is 0 Å². The van der Waals surface area contributed by atoms with Crippen LogP contribution in [0.1, 0.15) is 45.9 Å². The molecule has 0 amide bonds. The van der Waals surface area contributed by atoms with E-state index in [0.717, 1.165) is 16.8 Å². The lowest BCUT2D eigenvalue weighted by atomic mass is 9.86. The molecule has 0 saturated heterocycles. The Kier molecular flexibility index (Phi) is 5.74. The van der Waals surface area contributed by atoms with Crippen molar-refractivity contribution in [2.45, 2.75) is 45.6 Å². The maximum absolute atomic E-state index is 10.6. The van der Waals surface area contributed by atoms with Gasteiger partial charge in [0.15, 0.2) is 0 Å². The van der Waals surface area contributed by atoms with E-state index in [1.165, 1.54) is 11.1 Å². The average molecular weight is 445 g/mol. The summed E-state index contributed by atoms with van der Waals surface area (Å²) in [5, 5.41) is 11.2. The Bertz CT molecular complexity index is 1220. The van der Waals surface area contributed by atoms with Gasteiger partial charge in [0, 0.05) is 17.4 Å². The van der Waals surface area contributed by atoms with Crippen LogP contribution in [0.15, 0.2) is 79.0 Å². The molecule has 32 heavy (non-hydrogen) atoms. The van der Waals surface area contributed by atoms with Crippen LogP contribution < -0.4 is 0 Å². The predicted molar refractivity (Wildman–Crippen MR) is 133 cm³/mol. The Balaban J connectivity index is 1.74. The molecule has 0 bridgehead atoms. The normalized spacial score (nSPS) is 12.2. The fraction of sp³-hybridized carbons (Fsp3) is 0.250. The van der Waals surface area contributed by atoms with E-state index >= 15 is 0 Å². The van der Waals surface area contributed by atoms with E-state index in [9.17, 15) is 5.11 Å². The minimum atomic E-state index is -1.06. The van der Waals surface area contributed by atoms with Gasteiger partial charge in [-0.2, -0.15) is 0 Å². The van der Waals surface area contributed by atoms with Crippen LogP contribution in [-0.4, -0.2) is 14.7 Å². The van der Waals surface area contributed by atoms with Gasteiger partial charge in [0.1, 0.15) is 11.4 Å². The zero-order valence-corrected chi connectivity index (χ0v) is 20.0. The van der Waals surface area contributed by atoms with Crippen molar-refractivity contribution < 1.29 is 5.11 Å². The molecule has 3 aromatic carbocycles. The number of hydrogen-bond donors (Lipinski definition) is 1. The first-order chi connectivity index (χ1) is 15.0. The molecular formula is C28H29ClN2O. The summed E-state index contributed by atoms with van der Waals surface area (Å²) in [5.41, 5.74) is 5.10. The van der Waals surface area contributed by atoms with E-state index in [1.54, 1.807) is 13.8 Å². The number of rotatable bonds is 4. The highest BCUT2D eigenvalue weighted by Crippen LogP contribution is 2.33. The molecule has 0 aliphatic heterocycles. The van der Waals surface area contributed by atoms with Gasteiger partial charge in [-0.25, -0.2) is 4.98 Å². The fourth-order valence-corrected chi connectivity index (χ4v) is 3.90. The SMILES string of the molecule is CC(C)(C)c1ccc(-c2ccc(-n3cc(C(C)(C)O)nc3-c3ccccc3Cl)cc2)cc1. The van der Waals surface area contributed by atoms with Crippen LogP contribution in [0.5, 0.6) is 0 Å². The van der Waals surface area contributed by atoms with Crippen LogP contribution in [0, 0.1) is 0 Å². The van der Waals surface area contributed by atoms with Gasteiger partial charge < -0.3 is 5.11 Å². The van der Waals surface area contributed by atoms with E-state index in [0.29, 0.717) is 16.5 Å². The lowest BCUT2D eigenvalue weighted by Gasteiger charge is -2.19. The molecule has 1 aromatic heterocycles. The smallest absolute Gasteiger partial charge is 0.146 e. The number of imidazole rings is 1. The van der Waals surface area contributed by atoms with Crippen LogP contribution in [-0.2, 0) is 11.0 Å². The highest BCUT2D eigenvalue weighted by Gasteiger charge is 2.23. The summed E-state index contributed by atoms with van der Waals surface area (Å²) in [4.78, 5) is 4.73. The van der Waals surface area contributed by atoms with Gasteiger partial charge >= 0.3 is 0 Å². The van der Waals surface area contributed by atoms with Gasteiger partial charge in [-0.05, 0) is 60.2 Å². The van der Waals surface area contributed by atoms with Crippen molar-refractivity contribution in [3.05, 3.63) is 95.3 Å². The van der Waals surface area contributed by atoms with Crippen molar-refractivity contribution in [3.8, 4) is 28.2 Å². The second-order valence-electron chi connectivity index (χ2n) is 9.73. The summed E-state index contributed by atoms with van der Waals surface area (Å²) in [6.07, 6.45) is 1.88. The first kappa shape index (κ1) is 22.3. The standard InChI is InChI=1S/C28H29ClN2O/c1-27(2,3)21-14-10-19(11-15-21)20-12-16-22(17-13-20)31-18-25(28(4,5)32)30-26(31)23-8-6-7-9-24(23)29/h6-18,32H,1-5H3. The highest BCUT2D eigenvalue weighted by atomic mass is 35.5. The maximum Gasteiger partial charge on any atom is 0.146 e. The molecule has 4 heteroatoms. The van der Waals surface area contributed by atoms with Gasteiger partial charge in [-0.1, -0.05) is 80.9 Å². The molecule has 0 spiro atoms. The summed E-state index contributed by atoms with van der Waals surface area (Å²) in [5.74, 6) is 0.704. The Morgan fingerprint density at radius 1 is 0.781 bits per heavy atom. The van der Waals surface area contributed by atoms with Crippen molar-refractivity contribution in [2.75, 3.05) is 0 Å². The molecule has 1 N–H and O–H groups in total. The second kappa shape index (κ2) is 8.23. The Morgan fingerprint density at radius 3 is 1.88 bits per heavy atom. The summed E-state index contributed by atoms with van der Waals surface area (Å²) in [6.45, 7) is 10.1. The van der Waals surface area contributed by atoms with E-state index in [4.69, 9.17) is 16.6 Å². The zero-order valence-electron chi connectivity index (χ0n) is 19.2. The van der Waals surface area contributed by atoms with E-state index in [-0.39, 0.29) is 5.41 Å². The molecule has 164 valence electrons. The second-order valence-corrected chi connectivity index (χ2v) is 10.1. The molecule has 0 radical (unpaired) electrons. The number of halogens is 1. The van der Waals surface area contributed by atoms with Crippen LogP contribution in [0.3, 0.4) is 0 Å². The molecule has 0 atom stereocenters.